The molecule has 2 aromatic rings. The van der Waals surface area contributed by atoms with Crippen LogP contribution in [-0.4, -0.2) is 11.6 Å². The Bertz CT molecular complexity index is 1340. The van der Waals surface area contributed by atoms with Crippen LogP contribution < -0.4 is 4.90 Å². The standard InChI is InChI=1S/C29H27BrCl2FNO2/c1-28(2)11-20-25(22(35)13-28)24(15-8-9-18(33)16(30)10-15)26-21(12-29(3,4)14-23(26)36)34(20)19-7-5-6-17(31)27(19)32/h5-10,24H,11-14H2,1-4H3. The van der Waals surface area contributed by atoms with Crippen molar-refractivity contribution in [2.24, 2.45) is 10.8 Å². The van der Waals surface area contributed by atoms with Crippen LogP contribution in [0.4, 0.5) is 10.1 Å². The van der Waals surface area contributed by atoms with Crippen LogP contribution in [0.5, 0.6) is 0 Å². The summed E-state index contributed by atoms with van der Waals surface area (Å²) in [5.41, 5.74) is 3.70. The molecule has 188 valence electrons. The highest BCUT2D eigenvalue weighted by Gasteiger charge is 2.49. The van der Waals surface area contributed by atoms with E-state index in [4.69, 9.17) is 23.2 Å². The van der Waals surface area contributed by atoms with Crippen molar-refractivity contribution < 1.29 is 14.0 Å². The predicted molar refractivity (Wildman–Crippen MR) is 146 cm³/mol. The van der Waals surface area contributed by atoms with Crippen LogP contribution in [0.15, 0.2) is 63.4 Å². The Balaban J connectivity index is 1.87. The fourth-order valence-corrected chi connectivity index (χ4v) is 6.72. The molecule has 0 saturated heterocycles. The molecule has 36 heavy (non-hydrogen) atoms. The van der Waals surface area contributed by atoms with Gasteiger partial charge in [-0.2, -0.15) is 0 Å². The fourth-order valence-electron chi connectivity index (χ4n) is 5.95. The molecule has 1 heterocycles. The Hall–Kier alpha value is -1.95. The highest BCUT2D eigenvalue weighted by Crippen LogP contribution is 2.56. The number of allylic oxidation sites excluding steroid dienone is 4. The summed E-state index contributed by atoms with van der Waals surface area (Å²) in [6.07, 6.45) is 1.98. The molecule has 2 aromatic carbocycles. The number of ketones is 2. The van der Waals surface area contributed by atoms with Crippen molar-refractivity contribution in [1.82, 2.24) is 0 Å². The molecule has 0 saturated carbocycles. The lowest BCUT2D eigenvalue weighted by molar-refractivity contribution is -0.119. The first kappa shape index (κ1) is 25.7. The van der Waals surface area contributed by atoms with Gasteiger partial charge in [0.2, 0.25) is 0 Å². The first-order chi connectivity index (χ1) is 16.8. The molecular weight excluding hydrogens is 564 g/mol. The zero-order valence-electron chi connectivity index (χ0n) is 20.6. The van der Waals surface area contributed by atoms with Crippen molar-refractivity contribution in [3.8, 4) is 0 Å². The SMILES string of the molecule is CC1(C)CC(=O)C2=C(C1)N(c1cccc(Cl)c1Cl)C1=C(C(=O)CC(C)(C)C1)C2c1ccc(F)c(Br)c1. The van der Waals surface area contributed by atoms with E-state index in [0.29, 0.717) is 57.0 Å². The van der Waals surface area contributed by atoms with Gasteiger partial charge in [-0.05, 0) is 69.4 Å². The molecule has 0 bridgehead atoms. The molecule has 0 radical (unpaired) electrons. The molecule has 0 atom stereocenters. The molecular formula is C29H27BrCl2FNO2. The van der Waals surface area contributed by atoms with Gasteiger partial charge in [0.1, 0.15) is 5.82 Å². The van der Waals surface area contributed by atoms with E-state index in [-0.39, 0.29) is 22.4 Å². The van der Waals surface area contributed by atoms with E-state index < -0.39 is 11.7 Å². The molecule has 3 aliphatic rings. The number of carbonyl (C=O) groups excluding carboxylic acids is 2. The lowest BCUT2D eigenvalue weighted by Crippen LogP contribution is -2.44. The zero-order chi connectivity index (χ0) is 26.2. The number of nitrogens with zero attached hydrogens (tertiary/aromatic N) is 1. The van der Waals surface area contributed by atoms with Crippen LogP contribution >= 0.6 is 39.1 Å². The third kappa shape index (κ3) is 4.27. The Labute approximate surface area is 229 Å². The maximum Gasteiger partial charge on any atom is 0.162 e. The van der Waals surface area contributed by atoms with Crippen molar-refractivity contribution in [1.29, 1.82) is 0 Å². The number of anilines is 1. The Morgan fingerprint density at radius 1 is 0.889 bits per heavy atom. The van der Waals surface area contributed by atoms with Gasteiger partial charge in [0.05, 0.1) is 20.2 Å². The second kappa shape index (κ2) is 8.82. The molecule has 0 fully saturated rings. The Morgan fingerprint density at radius 3 is 1.97 bits per heavy atom. The van der Waals surface area contributed by atoms with Gasteiger partial charge in [0.25, 0.3) is 0 Å². The van der Waals surface area contributed by atoms with E-state index in [1.807, 2.05) is 17.0 Å². The first-order valence-corrected chi connectivity index (χ1v) is 13.6. The molecule has 7 heteroatoms. The monoisotopic (exact) mass is 589 g/mol. The average Bonchev–Trinajstić information content (AvgIpc) is 2.75. The minimum atomic E-state index is -0.562. The summed E-state index contributed by atoms with van der Waals surface area (Å²) in [6, 6.07) is 10.2. The van der Waals surface area contributed by atoms with Crippen LogP contribution in [0.3, 0.4) is 0 Å². The van der Waals surface area contributed by atoms with Gasteiger partial charge in [-0.25, -0.2) is 4.39 Å². The second-order valence-corrected chi connectivity index (χ2v) is 13.3. The molecule has 0 unspecified atom stereocenters. The summed E-state index contributed by atoms with van der Waals surface area (Å²) in [4.78, 5) is 29.7. The van der Waals surface area contributed by atoms with Gasteiger partial charge in [0, 0.05) is 41.3 Å². The summed E-state index contributed by atoms with van der Waals surface area (Å²) in [6.45, 7) is 8.32. The summed E-state index contributed by atoms with van der Waals surface area (Å²) < 4.78 is 14.5. The first-order valence-electron chi connectivity index (χ1n) is 12.0. The van der Waals surface area contributed by atoms with Crippen LogP contribution in [0.1, 0.15) is 64.9 Å². The van der Waals surface area contributed by atoms with Crippen molar-refractivity contribution in [3.63, 3.8) is 0 Å². The molecule has 1 aliphatic heterocycles. The second-order valence-electron chi connectivity index (χ2n) is 11.6. The Morgan fingerprint density at radius 2 is 1.44 bits per heavy atom. The minimum absolute atomic E-state index is 0.000897. The van der Waals surface area contributed by atoms with Crippen molar-refractivity contribution >= 4 is 56.4 Å². The summed E-state index contributed by atoms with van der Waals surface area (Å²) in [5.74, 6) is -0.955. The minimum Gasteiger partial charge on any atom is -0.315 e. The molecule has 0 amide bonds. The highest BCUT2D eigenvalue weighted by atomic mass is 79.9. The Kier molecular flexibility index (Phi) is 6.29. The van der Waals surface area contributed by atoms with Gasteiger partial charge >= 0.3 is 0 Å². The van der Waals surface area contributed by atoms with Gasteiger partial charge < -0.3 is 4.90 Å². The van der Waals surface area contributed by atoms with Gasteiger partial charge in [-0.15, -0.1) is 0 Å². The van der Waals surface area contributed by atoms with Crippen LogP contribution in [-0.2, 0) is 9.59 Å². The van der Waals surface area contributed by atoms with E-state index in [2.05, 4.69) is 43.6 Å². The third-order valence-electron chi connectivity index (χ3n) is 7.36. The maximum atomic E-state index is 14.2. The highest BCUT2D eigenvalue weighted by molar-refractivity contribution is 9.10. The summed E-state index contributed by atoms with van der Waals surface area (Å²) in [7, 11) is 0. The number of Topliss-reactive ketones (excluding diaryl/α,β-unsaturated/α-hetero) is 2. The zero-order valence-corrected chi connectivity index (χ0v) is 23.7. The molecule has 0 spiro atoms. The average molecular weight is 591 g/mol. The third-order valence-corrected chi connectivity index (χ3v) is 8.78. The number of hydrogen-bond donors (Lipinski definition) is 0. The normalized spacial score (nSPS) is 21.6. The topological polar surface area (TPSA) is 37.4 Å². The van der Waals surface area contributed by atoms with E-state index in [0.717, 1.165) is 17.0 Å². The van der Waals surface area contributed by atoms with Gasteiger partial charge in [0.15, 0.2) is 11.6 Å². The number of rotatable bonds is 2. The van der Waals surface area contributed by atoms with Crippen LogP contribution in [0.25, 0.3) is 0 Å². The number of benzene rings is 2. The lowest BCUT2D eigenvalue weighted by atomic mass is 9.63. The van der Waals surface area contributed by atoms with Crippen molar-refractivity contribution in [2.45, 2.75) is 59.3 Å². The van der Waals surface area contributed by atoms with Crippen LogP contribution in [0.2, 0.25) is 10.0 Å². The van der Waals surface area contributed by atoms with Gasteiger partial charge in [-0.1, -0.05) is 63.0 Å². The smallest absolute Gasteiger partial charge is 0.162 e. The lowest BCUT2D eigenvalue weighted by Gasteiger charge is -2.49. The molecule has 5 rings (SSSR count). The number of hydrogen-bond acceptors (Lipinski definition) is 3. The molecule has 3 nitrogen and oxygen atoms in total. The largest absolute Gasteiger partial charge is 0.315 e. The van der Waals surface area contributed by atoms with E-state index >= 15 is 0 Å². The number of carbonyl (C=O) groups is 2. The fraction of sp³-hybridized carbons (Fsp3) is 0.379. The number of halogens is 4. The quantitative estimate of drug-likeness (QED) is 0.351. The van der Waals surface area contributed by atoms with E-state index in [9.17, 15) is 14.0 Å². The van der Waals surface area contributed by atoms with Gasteiger partial charge in [-0.3, -0.25) is 9.59 Å². The van der Waals surface area contributed by atoms with E-state index in [1.165, 1.54) is 6.07 Å². The van der Waals surface area contributed by atoms with Crippen molar-refractivity contribution in [2.75, 3.05) is 4.90 Å². The molecule has 0 N–H and O–H groups in total. The summed E-state index contributed by atoms with van der Waals surface area (Å²) in [5, 5.41) is 0.790. The van der Waals surface area contributed by atoms with Crippen molar-refractivity contribution in [3.05, 3.63) is 84.8 Å². The predicted octanol–water partition coefficient (Wildman–Crippen LogP) is 8.79. The molecule has 0 aromatic heterocycles. The molecule has 2 aliphatic carbocycles. The van der Waals surface area contributed by atoms with Crippen LogP contribution in [0, 0.1) is 16.6 Å². The maximum absolute atomic E-state index is 14.2. The summed E-state index contributed by atoms with van der Waals surface area (Å²) >= 11 is 16.5. The van der Waals surface area contributed by atoms with E-state index in [1.54, 1.807) is 18.2 Å².